The van der Waals surface area contributed by atoms with Crippen LogP contribution in [0.2, 0.25) is 0 Å². The molecule has 0 unspecified atom stereocenters. The van der Waals surface area contributed by atoms with Crippen LogP contribution in [0, 0.1) is 0 Å². The van der Waals surface area contributed by atoms with Gasteiger partial charge in [0.25, 0.3) is 0 Å². The number of nitrogens with zero attached hydrogens (tertiary/aromatic N) is 1. The zero-order valence-electron chi connectivity index (χ0n) is 9.62. The number of pyridine rings is 1. The molecular formula is C13H9BrF3NO. The number of rotatable bonds is 3. The highest BCUT2D eigenvalue weighted by molar-refractivity contribution is 9.10. The lowest BCUT2D eigenvalue weighted by Gasteiger charge is -2.09. The van der Waals surface area contributed by atoms with E-state index in [-0.39, 0.29) is 6.61 Å². The highest BCUT2D eigenvalue weighted by Gasteiger charge is 2.29. The number of hydrogen-bond donors (Lipinski definition) is 0. The molecule has 0 fully saturated rings. The normalized spacial score (nSPS) is 11.4. The molecule has 0 radical (unpaired) electrons. The van der Waals surface area contributed by atoms with Crippen LogP contribution in [0.25, 0.3) is 0 Å². The summed E-state index contributed by atoms with van der Waals surface area (Å²) in [5, 5.41) is 0. The van der Waals surface area contributed by atoms with E-state index in [1.807, 2.05) is 0 Å². The van der Waals surface area contributed by atoms with Crippen LogP contribution in [0.4, 0.5) is 13.2 Å². The minimum absolute atomic E-state index is 0.191. The number of alkyl halides is 3. The van der Waals surface area contributed by atoms with Gasteiger partial charge in [-0.2, -0.15) is 13.2 Å². The highest BCUT2D eigenvalue weighted by Crippen LogP contribution is 2.29. The monoisotopic (exact) mass is 331 g/mol. The smallest absolute Gasteiger partial charge is 0.416 e. The Labute approximate surface area is 116 Å². The van der Waals surface area contributed by atoms with E-state index < -0.39 is 11.7 Å². The van der Waals surface area contributed by atoms with Crippen molar-refractivity contribution in [3.05, 3.63) is 58.3 Å². The Kier molecular flexibility index (Phi) is 4.09. The molecule has 100 valence electrons. The standard InChI is InChI=1S/C13H9BrF3NO/c14-11-5-12(7-18-6-11)19-8-9-1-3-10(4-2-9)13(15,16)17/h1-7H,8H2. The quantitative estimate of drug-likeness (QED) is 0.829. The SMILES string of the molecule is FC(F)(F)c1ccc(COc2cncc(Br)c2)cc1. The van der Waals surface area contributed by atoms with E-state index in [1.54, 1.807) is 12.3 Å². The Bertz CT molecular complexity index is 555. The van der Waals surface area contributed by atoms with Crippen molar-refractivity contribution >= 4 is 15.9 Å². The van der Waals surface area contributed by atoms with Crippen LogP contribution in [0.5, 0.6) is 5.75 Å². The number of halogens is 4. The van der Waals surface area contributed by atoms with Crippen molar-refractivity contribution in [2.45, 2.75) is 12.8 Å². The van der Waals surface area contributed by atoms with Crippen molar-refractivity contribution in [3.8, 4) is 5.75 Å². The Morgan fingerprint density at radius 2 is 1.79 bits per heavy atom. The first-order valence-corrected chi connectivity index (χ1v) is 6.14. The molecule has 0 amide bonds. The second-order valence-corrected chi connectivity index (χ2v) is 4.74. The van der Waals surface area contributed by atoms with E-state index in [2.05, 4.69) is 20.9 Å². The molecule has 6 heteroatoms. The molecule has 0 aliphatic carbocycles. The third-order valence-electron chi connectivity index (χ3n) is 2.37. The first-order chi connectivity index (χ1) is 8.95. The van der Waals surface area contributed by atoms with Gasteiger partial charge in [0, 0.05) is 10.7 Å². The molecular weight excluding hydrogens is 323 g/mol. The molecule has 0 aliphatic heterocycles. The summed E-state index contributed by atoms with van der Waals surface area (Å²) in [7, 11) is 0. The molecule has 2 nitrogen and oxygen atoms in total. The summed E-state index contributed by atoms with van der Waals surface area (Å²) >= 11 is 3.25. The van der Waals surface area contributed by atoms with Crippen LogP contribution >= 0.6 is 15.9 Å². The largest absolute Gasteiger partial charge is 0.487 e. The van der Waals surface area contributed by atoms with Gasteiger partial charge in [-0.15, -0.1) is 0 Å². The zero-order valence-corrected chi connectivity index (χ0v) is 11.2. The van der Waals surface area contributed by atoms with E-state index in [0.29, 0.717) is 11.3 Å². The van der Waals surface area contributed by atoms with Crippen LogP contribution < -0.4 is 4.74 Å². The zero-order chi connectivity index (χ0) is 13.9. The van der Waals surface area contributed by atoms with Gasteiger partial charge in [0.2, 0.25) is 0 Å². The number of ether oxygens (including phenoxy) is 1. The maximum absolute atomic E-state index is 12.4. The predicted molar refractivity (Wildman–Crippen MR) is 67.7 cm³/mol. The molecule has 19 heavy (non-hydrogen) atoms. The summed E-state index contributed by atoms with van der Waals surface area (Å²) in [6, 6.07) is 6.61. The van der Waals surface area contributed by atoms with Gasteiger partial charge in [0.1, 0.15) is 12.4 Å². The van der Waals surface area contributed by atoms with Gasteiger partial charge in [0.15, 0.2) is 0 Å². The number of benzene rings is 1. The molecule has 1 aromatic heterocycles. The topological polar surface area (TPSA) is 22.1 Å². The van der Waals surface area contributed by atoms with Crippen molar-refractivity contribution in [1.82, 2.24) is 4.98 Å². The van der Waals surface area contributed by atoms with E-state index in [9.17, 15) is 13.2 Å². The minimum Gasteiger partial charge on any atom is -0.487 e. The maximum Gasteiger partial charge on any atom is 0.416 e. The van der Waals surface area contributed by atoms with Crippen molar-refractivity contribution in [1.29, 1.82) is 0 Å². The third kappa shape index (κ3) is 3.96. The molecule has 2 rings (SSSR count). The van der Waals surface area contributed by atoms with Crippen LogP contribution in [0.15, 0.2) is 47.2 Å². The molecule has 0 spiro atoms. The lowest BCUT2D eigenvalue weighted by molar-refractivity contribution is -0.137. The van der Waals surface area contributed by atoms with Gasteiger partial charge in [-0.25, -0.2) is 0 Å². The van der Waals surface area contributed by atoms with Gasteiger partial charge in [-0.1, -0.05) is 12.1 Å². The second kappa shape index (κ2) is 5.61. The van der Waals surface area contributed by atoms with E-state index in [1.165, 1.54) is 18.3 Å². The summed E-state index contributed by atoms with van der Waals surface area (Å²) in [6.07, 6.45) is -1.16. The summed E-state index contributed by atoms with van der Waals surface area (Å²) in [5.74, 6) is 0.550. The highest BCUT2D eigenvalue weighted by atomic mass is 79.9. The lowest BCUT2D eigenvalue weighted by atomic mass is 10.1. The molecule has 0 saturated carbocycles. The molecule has 0 N–H and O–H groups in total. The van der Waals surface area contributed by atoms with E-state index in [4.69, 9.17) is 4.74 Å². The van der Waals surface area contributed by atoms with Crippen molar-refractivity contribution in [3.63, 3.8) is 0 Å². The average Bonchev–Trinajstić information content (AvgIpc) is 2.36. The average molecular weight is 332 g/mol. The summed E-state index contributed by atoms with van der Waals surface area (Å²) < 4.78 is 43.3. The van der Waals surface area contributed by atoms with E-state index >= 15 is 0 Å². The molecule has 0 atom stereocenters. The first-order valence-electron chi connectivity index (χ1n) is 5.34. The molecule has 1 aromatic carbocycles. The van der Waals surface area contributed by atoms with Crippen LogP contribution in [0.3, 0.4) is 0 Å². The number of hydrogen-bond acceptors (Lipinski definition) is 2. The van der Waals surface area contributed by atoms with Crippen LogP contribution in [-0.4, -0.2) is 4.98 Å². The van der Waals surface area contributed by atoms with Gasteiger partial charge in [-0.05, 0) is 39.7 Å². The first kappa shape index (κ1) is 13.9. The molecule has 0 aliphatic rings. The fourth-order valence-corrected chi connectivity index (χ4v) is 1.77. The van der Waals surface area contributed by atoms with Gasteiger partial charge >= 0.3 is 6.18 Å². The fraction of sp³-hybridized carbons (Fsp3) is 0.154. The van der Waals surface area contributed by atoms with Crippen molar-refractivity contribution in [2.75, 3.05) is 0 Å². The van der Waals surface area contributed by atoms with Crippen LogP contribution in [-0.2, 0) is 12.8 Å². The maximum atomic E-state index is 12.4. The van der Waals surface area contributed by atoms with Gasteiger partial charge < -0.3 is 4.74 Å². The summed E-state index contributed by atoms with van der Waals surface area (Å²) in [6.45, 7) is 0.191. The fourth-order valence-electron chi connectivity index (χ4n) is 1.43. The molecule has 1 heterocycles. The Balaban J connectivity index is 2.01. The van der Waals surface area contributed by atoms with Crippen LogP contribution in [0.1, 0.15) is 11.1 Å². The Morgan fingerprint density at radius 1 is 1.11 bits per heavy atom. The Hall–Kier alpha value is -1.56. The summed E-state index contributed by atoms with van der Waals surface area (Å²) in [5.41, 5.74) is -0.00616. The van der Waals surface area contributed by atoms with Crippen molar-refractivity contribution in [2.24, 2.45) is 0 Å². The third-order valence-corrected chi connectivity index (χ3v) is 2.80. The lowest BCUT2D eigenvalue weighted by Crippen LogP contribution is -2.05. The van der Waals surface area contributed by atoms with E-state index in [0.717, 1.165) is 16.6 Å². The van der Waals surface area contributed by atoms with Gasteiger partial charge in [-0.3, -0.25) is 4.98 Å². The molecule has 0 saturated heterocycles. The molecule has 0 bridgehead atoms. The predicted octanol–water partition coefficient (Wildman–Crippen LogP) is 4.44. The second-order valence-electron chi connectivity index (χ2n) is 3.82. The summed E-state index contributed by atoms with van der Waals surface area (Å²) in [4.78, 5) is 3.92. The number of aromatic nitrogens is 1. The van der Waals surface area contributed by atoms with Gasteiger partial charge in [0.05, 0.1) is 11.8 Å². The molecule has 2 aromatic rings. The van der Waals surface area contributed by atoms with Crippen molar-refractivity contribution < 1.29 is 17.9 Å². The minimum atomic E-state index is -4.31. The Morgan fingerprint density at radius 3 is 2.37 bits per heavy atom.